The molecule has 0 saturated carbocycles. The van der Waals surface area contributed by atoms with Gasteiger partial charge in [0, 0.05) is 11.1 Å². The molecule has 0 saturated heterocycles. The summed E-state index contributed by atoms with van der Waals surface area (Å²) in [5.41, 5.74) is 4.64. The Hall–Kier alpha value is -3.43. The molecule has 0 fully saturated rings. The van der Waals surface area contributed by atoms with E-state index in [1.165, 1.54) is 0 Å². The van der Waals surface area contributed by atoms with Gasteiger partial charge in [-0.15, -0.1) is 0 Å². The molecule has 3 heteroatoms. The minimum Gasteiger partial charge on any atom is -0.281 e. The standard InChI is InChI=1S/C26H18O2S/c27-25(23-17-9-7-15-21(23)19-11-3-1-4-12-19)29-26(28)24-18-10-8-16-22(24)20-13-5-2-6-14-20/h1-18H. The van der Waals surface area contributed by atoms with E-state index in [9.17, 15) is 9.59 Å². The van der Waals surface area contributed by atoms with Gasteiger partial charge in [0.05, 0.1) is 0 Å². The fraction of sp³-hybridized carbons (Fsp3) is 0. The molecule has 0 radical (unpaired) electrons. The van der Waals surface area contributed by atoms with Crippen LogP contribution in [0.1, 0.15) is 20.7 Å². The minimum atomic E-state index is -0.252. The van der Waals surface area contributed by atoms with Crippen LogP contribution in [0.2, 0.25) is 0 Å². The third kappa shape index (κ3) is 4.20. The van der Waals surface area contributed by atoms with Crippen molar-refractivity contribution in [1.82, 2.24) is 0 Å². The zero-order valence-corrected chi connectivity index (χ0v) is 16.4. The molecule has 0 unspecified atom stereocenters. The van der Waals surface area contributed by atoms with Gasteiger partial charge in [0.15, 0.2) is 0 Å². The van der Waals surface area contributed by atoms with E-state index in [1.54, 1.807) is 12.1 Å². The van der Waals surface area contributed by atoms with Crippen molar-refractivity contribution in [3.8, 4) is 22.3 Å². The maximum Gasteiger partial charge on any atom is 0.227 e. The number of benzene rings is 4. The van der Waals surface area contributed by atoms with Gasteiger partial charge in [-0.1, -0.05) is 97.1 Å². The van der Waals surface area contributed by atoms with Crippen LogP contribution in [0.4, 0.5) is 0 Å². The Kier molecular flexibility index (Phi) is 5.68. The van der Waals surface area contributed by atoms with Gasteiger partial charge < -0.3 is 0 Å². The number of thioether (sulfide) groups is 1. The van der Waals surface area contributed by atoms with E-state index in [2.05, 4.69) is 0 Å². The van der Waals surface area contributed by atoms with E-state index in [4.69, 9.17) is 0 Å². The highest BCUT2D eigenvalue weighted by Crippen LogP contribution is 2.31. The number of rotatable bonds is 4. The van der Waals surface area contributed by atoms with Crippen LogP contribution in [0.25, 0.3) is 22.3 Å². The lowest BCUT2D eigenvalue weighted by Crippen LogP contribution is -2.04. The Balaban J connectivity index is 1.64. The molecule has 0 heterocycles. The molecule has 4 aromatic carbocycles. The summed E-state index contributed by atoms with van der Waals surface area (Å²) in [5, 5.41) is -0.505. The maximum absolute atomic E-state index is 13.0. The van der Waals surface area contributed by atoms with Gasteiger partial charge in [0.25, 0.3) is 0 Å². The molecule has 29 heavy (non-hydrogen) atoms. The summed E-state index contributed by atoms with van der Waals surface area (Å²) in [5.74, 6) is 0. The van der Waals surface area contributed by atoms with Crippen LogP contribution >= 0.6 is 11.8 Å². The van der Waals surface area contributed by atoms with E-state index < -0.39 is 0 Å². The summed E-state index contributed by atoms with van der Waals surface area (Å²) in [6, 6.07) is 34.3. The van der Waals surface area contributed by atoms with Crippen LogP contribution in [-0.4, -0.2) is 10.2 Å². The fourth-order valence-corrected chi connectivity index (χ4v) is 4.00. The molecule has 0 spiro atoms. The van der Waals surface area contributed by atoms with E-state index >= 15 is 0 Å². The Morgan fingerprint density at radius 1 is 0.448 bits per heavy atom. The summed E-state index contributed by atoms with van der Waals surface area (Å²) in [6.07, 6.45) is 0. The van der Waals surface area contributed by atoms with Gasteiger partial charge in [-0.05, 0) is 46.1 Å². The number of hydrogen-bond acceptors (Lipinski definition) is 3. The Bertz CT molecular complexity index is 1060. The molecule has 140 valence electrons. The summed E-state index contributed by atoms with van der Waals surface area (Å²) < 4.78 is 0. The van der Waals surface area contributed by atoms with Gasteiger partial charge in [0.1, 0.15) is 0 Å². The predicted octanol–water partition coefficient (Wildman–Crippen LogP) is 6.73. The van der Waals surface area contributed by atoms with Crippen molar-refractivity contribution < 1.29 is 9.59 Å². The summed E-state index contributed by atoms with van der Waals surface area (Å²) in [7, 11) is 0. The largest absolute Gasteiger partial charge is 0.281 e. The lowest BCUT2D eigenvalue weighted by atomic mass is 10.0. The van der Waals surface area contributed by atoms with Gasteiger partial charge in [0.2, 0.25) is 10.2 Å². The van der Waals surface area contributed by atoms with E-state index in [0.717, 1.165) is 34.0 Å². The van der Waals surface area contributed by atoms with Gasteiger partial charge in [-0.2, -0.15) is 0 Å². The molecule has 0 aliphatic heterocycles. The summed E-state index contributed by atoms with van der Waals surface area (Å²) in [6.45, 7) is 0. The molecule has 0 aliphatic rings. The molecule has 4 aromatic rings. The van der Waals surface area contributed by atoms with Crippen molar-refractivity contribution in [3.05, 3.63) is 120 Å². The summed E-state index contributed by atoms with van der Waals surface area (Å²) in [4.78, 5) is 26.0. The minimum absolute atomic E-state index is 0.252. The predicted molar refractivity (Wildman–Crippen MR) is 120 cm³/mol. The summed E-state index contributed by atoms with van der Waals surface area (Å²) >= 11 is 0.746. The van der Waals surface area contributed by atoms with Crippen LogP contribution < -0.4 is 0 Å². The molecular weight excluding hydrogens is 376 g/mol. The molecule has 0 N–H and O–H groups in total. The van der Waals surface area contributed by atoms with Crippen molar-refractivity contribution in [2.24, 2.45) is 0 Å². The first-order chi connectivity index (χ1) is 14.2. The third-order valence-electron chi connectivity index (χ3n) is 4.65. The van der Waals surface area contributed by atoms with Crippen LogP contribution in [0.15, 0.2) is 109 Å². The smallest absolute Gasteiger partial charge is 0.227 e. The van der Waals surface area contributed by atoms with Crippen molar-refractivity contribution in [1.29, 1.82) is 0 Å². The van der Waals surface area contributed by atoms with Crippen molar-refractivity contribution >= 4 is 22.0 Å². The van der Waals surface area contributed by atoms with Crippen molar-refractivity contribution in [2.45, 2.75) is 0 Å². The lowest BCUT2D eigenvalue weighted by molar-refractivity contribution is 0.106. The molecule has 0 atom stereocenters. The monoisotopic (exact) mass is 394 g/mol. The van der Waals surface area contributed by atoms with Crippen molar-refractivity contribution in [2.75, 3.05) is 0 Å². The first-order valence-corrected chi connectivity index (χ1v) is 10.1. The van der Waals surface area contributed by atoms with E-state index in [-0.39, 0.29) is 10.2 Å². The second-order valence-electron chi connectivity index (χ2n) is 6.50. The third-order valence-corrected chi connectivity index (χ3v) is 5.46. The first kappa shape index (κ1) is 18.9. The lowest BCUT2D eigenvalue weighted by Gasteiger charge is -2.10. The van der Waals surface area contributed by atoms with Gasteiger partial charge in [-0.3, -0.25) is 9.59 Å². The first-order valence-electron chi connectivity index (χ1n) is 9.29. The molecule has 0 amide bonds. The van der Waals surface area contributed by atoms with Gasteiger partial charge >= 0.3 is 0 Å². The normalized spacial score (nSPS) is 10.5. The molecule has 0 aliphatic carbocycles. The Morgan fingerprint density at radius 3 is 1.21 bits per heavy atom. The Labute approximate surface area is 174 Å². The molecular formula is C26H18O2S. The number of carbonyl (C=O) groups excluding carboxylic acids is 2. The van der Waals surface area contributed by atoms with E-state index in [1.807, 2.05) is 97.1 Å². The van der Waals surface area contributed by atoms with Crippen LogP contribution in [0.5, 0.6) is 0 Å². The average molecular weight is 394 g/mol. The van der Waals surface area contributed by atoms with Crippen LogP contribution in [0, 0.1) is 0 Å². The molecule has 2 nitrogen and oxygen atoms in total. The second-order valence-corrected chi connectivity index (χ2v) is 7.45. The fourth-order valence-electron chi connectivity index (χ4n) is 3.26. The van der Waals surface area contributed by atoms with Crippen molar-refractivity contribution in [3.63, 3.8) is 0 Å². The SMILES string of the molecule is O=C(SC(=O)c1ccccc1-c1ccccc1)c1ccccc1-c1ccccc1. The quantitative estimate of drug-likeness (QED) is 0.385. The highest BCUT2D eigenvalue weighted by atomic mass is 32.2. The topological polar surface area (TPSA) is 34.1 Å². The zero-order valence-electron chi connectivity index (χ0n) is 15.6. The maximum atomic E-state index is 13.0. The average Bonchev–Trinajstić information content (AvgIpc) is 2.80. The van der Waals surface area contributed by atoms with Gasteiger partial charge in [-0.25, -0.2) is 0 Å². The number of carbonyl (C=O) groups is 2. The molecule has 0 aromatic heterocycles. The Morgan fingerprint density at radius 2 is 0.793 bits per heavy atom. The molecule has 0 bridgehead atoms. The highest BCUT2D eigenvalue weighted by Gasteiger charge is 2.20. The van der Waals surface area contributed by atoms with Crippen LogP contribution in [-0.2, 0) is 0 Å². The zero-order chi connectivity index (χ0) is 20.1. The van der Waals surface area contributed by atoms with E-state index in [0.29, 0.717) is 11.1 Å². The second kappa shape index (κ2) is 8.72. The number of hydrogen-bond donors (Lipinski definition) is 0. The molecule has 4 rings (SSSR count). The van der Waals surface area contributed by atoms with Crippen LogP contribution in [0.3, 0.4) is 0 Å². The highest BCUT2D eigenvalue weighted by molar-refractivity contribution is 8.27.